The fourth-order valence-electron chi connectivity index (χ4n) is 2.65. The topological polar surface area (TPSA) is 57.2 Å². The van der Waals surface area contributed by atoms with E-state index in [1.165, 1.54) is 0 Å². The number of benzene rings is 2. The molecule has 0 aliphatic rings. The molecule has 4 nitrogen and oxygen atoms in total. The zero-order valence-electron chi connectivity index (χ0n) is 13.1. The number of rotatable bonds is 4. The molecule has 1 aromatic heterocycles. The number of hydrogen-bond donors (Lipinski definition) is 1. The van der Waals surface area contributed by atoms with Crippen LogP contribution in [0.5, 0.6) is 0 Å². The predicted molar refractivity (Wildman–Crippen MR) is 97.9 cm³/mol. The van der Waals surface area contributed by atoms with Gasteiger partial charge in [-0.25, -0.2) is 4.79 Å². The molecular formula is C18H16Cl2N2O2. The normalized spacial score (nSPS) is 11.0. The lowest BCUT2D eigenvalue weighted by atomic mass is 10.2. The van der Waals surface area contributed by atoms with E-state index in [2.05, 4.69) is 0 Å². The first kappa shape index (κ1) is 16.7. The van der Waals surface area contributed by atoms with Gasteiger partial charge in [0, 0.05) is 23.1 Å². The zero-order valence-corrected chi connectivity index (χ0v) is 14.6. The molecule has 0 bridgehead atoms. The van der Waals surface area contributed by atoms with Gasteiger partial charge in [0.1, 0.15) is 5.69 Å². The van der Waals surface area contributed by atoms with E-state index >= 15 is 0 Å². The van der Waals surface area contributed by atoms with Gasteiger partial charge in [0.25, 0.3) is 0 Å². The number of carbonyl (C=O) groups is 1. The molecule has 0 amide bonds. The van der Waals surface area contributed by atoms with Gasteiger partial charge in [-0.3, -0.25) is 0 Å². The van der Waals surface area contributed by atoms with Gasteiger partial charge < -0.3 is 15.0 Å². The van der Waals surface area contributed by atoms with Crippen molar-refractivity contribution in [2.24, 2.45) is 0 Å². The number of carbonyl (C=O) groups excluding carboxylic acids is 1. The minimum Gasteiger partial charge on any atom is -0.461 e. The summed E-state index contributed by atoms with van der Waals surface area (Å²) in [4.78, 5) is 12.3. The van der Waals surface area contributed by atoms with Crippen molar-refractivity contribution in [3.63, 3.8) is 0 Å². The molecule has 6 heteroatoms. The second-order valence-electron chi connectivity index (χ2n) is 5.40. The molecule has 0 atom stereocenters. The van der Waals surface area contributed by atoms with Crippen LogP contribution in [-0.4, -0.2) is 17.1 Å². The fourth-order valence-corrected chi connectivity index (χ4v) is 2.98. The van der Waals surface area contributed by atoms with Gasteiger partial charge in [-0.15, -0.1) is 0 Å². The van der Waals surface area contributed by atoms with E-state index in [-0.39, 0.29) is 5.97 Å². The Bertz CT molecular complexity index is 919. The molecule has 0 radical (unpaired) electrons. The van der Waals surface area contributed by atoms with Crippen molar-refractivity contribution in [2.45, 2.75) is 13.5 Å². The number of nitrogens with two attached hydrogens (primary N) is 1. The van der Waals surface area contributed by atoms with Crippen LogP contribution in [0.3, 0.4) is 0 Å². The van der Waals surface area contributed by atoms with Crippen molar-refractivity contribution in [3.8, 4) is 0 Å². The van der Waals surface area contributed by atoms with Crippen LogP contribution in [0.2, 0.25) is 10.0 Å². The zero-order chi connectivity index (χ0) is 17.3. The number of aromatic nitrogens is 1. The molecule has 24 heavy (non-hydrogen) atoms. The number of hydrogen-bond acceptors (Lipinski definition) is 3. The van der Waals surface area contributed by atoms with E-state index in [9.17, 15) is 4.79 Å². The maximum absolute atomic E-state index is 12.3. The van der Waals surface area contributed by atoms with Crippen molar-refractivity contribution < 1.29 is 9.53 Å². The third-order valence-corrected chi connectivity index (χ3v) is 4.47. The van der Waals surface area contributed by atoms with E-state index in [1.54, 1.807) is 25.1 Å². The third kappa shape index (κ3) is 3.21. The van der Waals surface area contributed by atoms with E-state index in [0.29, 0.717) is 34.6 Å². The lowest BCUT2D eigenvalue weighted by Gasteiger charge is -2.11. The first-order valence-corrected chi connectivity index (χ1v) is 8.25. The predicted octanol–water partition coefficient (Wildman–Crippen LogP) is 4.76. The molecule has 0 saturated heterocycles. The second-order valence-corrected chi connectivity index (χ2v) is 6.22. The van der Waals surface area contributed by atoms with Crippen LogP contribution in [0, 0.1) is 0 Å². The molecule has 2 N–H and O–H groups in total. The summed E-state index contributed by atoms with van der Waals surface area (Å²) in [5, 5.41) is 1.86. The fraction of sp³-hybridized carbons (Fsp3) is 0.167. The highest BCUT2D eigenvalue weighted by Gasteiger charge is 2.17. The smallest absolute Gasteiger partial charge is 0.354 e. The Labute approximate surface area is 149 Å². The Morgan fingerprint density at radius 2 is 1.92 bits per heavy atom. The Balaban J connectivity index is 2.11. The summed E-state index contributed by atoms with van der Waals surface area (Å²) < 4.78 is 7.07. The van der Waals surface area contributed by atoms with Crippen molar-refractivity contribution >= 4 is 45.8 Å². The molecule has 1 heterocycles. The van der Waals surface area contributed by atoms with Crippen molar-refractivity contribution in [3.05, 3.63) is 63.8 Å². The highest BCUT2D eigenvalue weighted by molar-refractivity contribution is 6.42. The average molecular weight is 363 g/mol. The van der Waals surface area contributed by atoms with Gasteiger partial charge in [0.15, 0.2) is 0 Å². The minimum atomic E-state index is -0.368. The first-order valence-electron chi connectivity index (χ1n) is 7.49. The Morgan fingerprint density at radius 3 is 2.62 bits per heavy atom. The maximum Gasteiger partial charge on any atom is 0.354 e. The lowest BCUT2D eigenvalue weighted by molar-refractivity contribution is 0.0515. The van der Waals surface area contributed by atoms with Gasteiger partial charge in [-0.1, -0.05) is 29.3 Å². The summed E-state index contributed by atoms with van der Waals surface area (Å²) in [5.74, 6) is -0.368. The number of halogens is 2. The summed E-state index contributed by atoms with van der Waals surface area (Å²) in [6.45, 7) is 2.57. The molecule has 2 aromatic carbocycles. The number of esters is 1. The number of nitrogen functional groups attached to an aromatic ring is 1. The van der Waals surface area contributed by atoms with Crippen LogP contribution in [0.25, 0.3) is 10.9 Å². The van der Waals surface area contributed by atoms with Crippen LogP contribution < -0.4 is 5.73 Å². The van der Waals surface area contributed by atoms with E-state index in [0.717, 1.165) is 16.5 Å². The van der Waals surface area contributed by atoms with Crippen molar-refractivity contribution in [1.29, 1.82) is 0 Å². The van der Waals surface area contributed by atoms with Gasteiger partial charge in [-0.05, 0) is 48.9 Å². The molecule has 0 aliphatic carbocycles. The maximum atomic E-state index is 12.3. The largest absolute Gasteiger partial charge is 0.461 e. The van der Waals surface area contributed by atoms with E-state index < -0.39 is 0 Å². The SMILES string of the molecule is CCOC(=O)c1cc2cc(N)ccc2n1Cc1ccc(Cl)c(Cl)c1. The number of nitrogens with zero attached hydrogens (tertiary/aromatic N) is 1. The van der Waals surface area contributed by atoms with Crippen molar-refractivity contribution in [2.75, 3.05) is 12.3 Å². The Morgan fingerprint density at radius 1 is 1.12 bits per heavy atom. The third-order valence-electron chi connectivity index (χ3n) is 3.73. The average Bonchev–Trinajstić information content (AvgIpc) is 2.89. The summed E-state index contributed by atoms with van der Waals surface area (Å²) >= 11 is 12.1. The molecule has 0 saturated carbocycles. The Kier molecular flexibility index (Phi) is 4.69. The lowest BCUT2D eigenvalue weighted by Crippen LogP contribution is -2.12. The summed E-state index contributed by atoms with van der Waals surface area (Å²) in [6.07, 6.45) is 0. The molecule has 0 fully saturated rings. The van der Waals surface area contributed by atoms with E-state index in [4.69, 9.17) is 33.7 Å². The number of ether oxygens (including phenoxy) is 1. The van der Waals surface area contributed by atoms with Crippen LogP contribution in [0.4, 0.5) is 5.69 Å². The molecular weight excluding hydrogens is 347 g/mol. The highest BCUT2D eigenvalue weighted by Crippen LogP contribution is 2.27. The van der Waals surface area contributed by atoms with Gasteiger partial charge in [0.2, 0.25) is 0 Å². The number of fused-ring (bicyclic) bond motifs is 1. The highest BCUT2D eigenvalue weighted by atomic mass is 35.5. The van der Waals surface area contributed by atoms with Gasteiger partial charge in [0.05, 0.1) is 16.7 Å². The molecule has 0 aliphatic heterocycles. The standard InChI is InChI=1S/C18H16Cl2N2O2/c1-2-24-18(23)17-9-12-8-13(21)4-6-16(12)22(17)10-11-3-5-14(19)15(20)7-11/h3-9H,2,10,21H2,1H3. The summed E-state index contributed by atoms with van der Waals surface area (Å²) in [6, 6.07) is 12.7. The van der Waals surface area contributed by atoms with E-state index in [1.807, 2.05) is 28.8 Å². The van der Waals surface area contributed by atoms with Crippen LogP contribution in [0.15, 0.2) is 42.5 Å². The molecule has 0 unspecified atom stereocenters. The monoisotopic (exact) mass is 362 g/mol. The molecule has 124 valence electrons. The first-order chi connectivity index (χ1) is 11.5. The molecule has 3 aromatic rings. The second kappa shape index (κ2) is 6.75. The van der Waals surface area contributed by atoms with Crippen molar-refractivity contribution in [1.82, 2.24) is 4.57 Å². The quantitative estimate of drug-likeness (QED) is 0.537. The molecule has 3 rings (SSSR count). The minimum absolute atomic E-state index is 0.315. The van der Waals surface area contributed by atoms with Crippen LogP contribution >= 0.6 is 23.2 Å². The van der Waals surface area contributed by atoms with Crippen LogP contribution in [-0.2, 0) is 11.3 Å². The van der Waals surface area contributed by atoms with Gasteiger partial charge in [-0.2, -0.15) is 0 Å². The van der Waals surface area contributed by atoms with Crippen LogP contribution in [0.1, 0.15) is 23.0 Å². The Hall–Kier alpha value is -2.17. The summed E-state index contributed by atoms with van der Waals surface area (Å²) in [5.41, 5.74) is 8.80. The summed E-state index contributed by atoms with van der Waals surface area (Å²) in [7, 11) is 0. The number of anilines is 1. The van der Waals surface area contributed by atoms with Gasteiger partial charge >= 0.3 is 5.97 Å². The molecule has 0 spiro atoms.